The lowest BCUT2D eigenvalue weighted by Gasteiger charge is -2.23. The van der Waals surface area contributed by atoms with E-state index in [4.69, 9.17) is 4.74 Å². The van der Waals surface area contributed by atoms with Crippen LogP contribution in [0.25, 0.3) is 11.0 Å². The number of benzene rings is 1. The number of aromatic nitrogens is 2. The lowest BCUT2D eigenvalue weighted by Crippen LogP contribution is -2.47. The maximum atomic E-state index is 11.9. The van der Waals surface area contributed by atoms with E-state index in [1.165, 1.54) is 5.56 Å². The minimum atomic E-state index is -0.215. The van der Waals surface area contributed by atoms with E-state index in [0.29, 0.717) is 19.7 Å². The van der Waals surface area contributed by atoms with Crippen LogP contribution in [-0.4, -0.2) is 48.3 Å². The van der Waals surface area contributed by atoms with Gasteiger partial charge in [0, 0.05) is 19.6 Å². The van der Waals surface area contributed by atoms with E-state index in [1.54, 1.807) is 0 Å². The van der Waals surface area contributed by atoms with Gasteiger partial charge in [-0.2, -0.15) is 0 Å². The van der Waals surface area contributed by atoms with Crippen LogP contribution < -0.4 is 16.0 Å². The van der Waals surface area contributed by atoms with E-state index >= 15 is 0 Å². The fraction of sp³-hybridized carbons (Fsp3) is 0.500. The Hall–Kier alpha value is -1.54. The van der Waals surface area contributed by atoms with Crippen molar-refractivity contribution in [2.75, 3.05) is 26.2 Å². The highest BCUT2D eigenvalue weighted by molar-refractivity contribution is 5.85. The highest BCUT2D eigenvalue weighted by Crippen LogP contribution is 2.19. The van der Waals surface area contributed by atoms with Crippen molar-refractivity contribution in [2.24, 2.45) is 0 Å². The zero-order chi connectivity index (χ0) is 16.2. The molecule has 25 heavy (non-hydrogen) atoms. The molecule has 1 aliphatic heterocycles. The van der Waals surface area contributed by atoms with Crippen molar-refractivity contribution in [1.29, 1.82) is 0 Å². The largest absolute Gasteiger partial charge is 0.374 e. The number of urea groups is 1. The number of carbonyl (C=O) groups is 1. The number of nitrogens with one attached hydrogen (secondary N) is 4. The summed E-state index contributed by atoms with van der Waals surface area (Å²) in [6.07, 6.45) is 0.0336. The van der Waals surface area contributed by atoms with Gasteiger partial charge in [0.05, 0.1) is 30.3 Å². The second-order valence-electron chi connectivity index (χ2n) is 5.85. The van der Waals surface area contributed by atoms with E-state index in [-0.39, 0.29) is 36.9 Å². The number of H-pyrrole nitrogens is 1. The molecule has 0 saturated carbocycles. The third kappa shape index (κ3) is 5.47. The maximum Gasteiger partial charge on any atom is 0.315 e. The minimum Gasteiger partial charge on any atom is -0.374 e. The Morgan fingerprint density at radius 2 is 2.12 bits per heavy atom. The topological polar surface area (TPSA) is 91.1 Å². The van der Waals surface area contributed by atoms with Gasteiger partial charge in [-0.15, -0.1) is 24.8 Å². The summed E-state index contributed by atoms with van der Waals surface area (Å²) in [5.74, 6) is 0.749. The van der Waals surface area contributed by atoms with Crippen LogP contribution in [0.2, 0.25) is 0 Å². The van der Waals surface area contributed by atoms with E-state index in [0.717, 1.165) is 35.5 Å². The number of nitrogens with zero attached hydrogens (tertiary/aromatic N) is 1. The van der Waals surface area contributed by atoms with Gasteiger partial charge in [-0.1, -0.05) is 6.07 Å². The Morgan fingerprint density at radius 1 is 1.32 bits per heavy atom. The van der Waals surface area contributed by atoms with Gasteiger partial charge in [-0.25, -0.2) is 9.78 Å². The first-order chi connectivity index (χ1) is 11.1. The number of carbonyl (C=O) groups excluding carboxylic acids is 1. The molecule has 4 N–H and O–H groups in total. The van der Waals surface area contributed by atoms with E-state index < -0.39 is 0 Å². The number of aryl methyl sites for hydroxylation is 2. The molecular formula is C16H25Cl2N5O2. The van der Waals surface area contributed by atoms with E-state index in [2.05, 4.69) is 45.8 Å². The molecule has 2 amide bonds. The van der Waals surface area contributed by atoms with Crippen LogP contribution in [0.5, 0.6) is 0 Å². The fourth-order valence-corrected chi connectivity index (χ4v) is 2.63. The van der Waals surface area contributed by atoms with Crippen molar-refractivity contribution in [2.45, 2.75) is 26.5 Å². The predicted octanol–water partition coefficient (Wildman–Crippen LogP) is 1.81. The van der Waals surface area contributed by atoms with E-state index in [1.807, 2.05) is 6.07 Å². The Labute approximate surface area is 159 Å². The Morgan fingerprint density at radius 3 is 2.84 bits per heavy atom. The summed E-state index contributed by atoms with van der Waals surface area (Å²) in [6, 6.07) is 3.87. The molecule has 1 aromatic carbocycles. The van der Waals surface area contributed by atoms with Crippen molar-refractivity contribution in [1.82, 2.24) is 25.9 Å². The quantitative estimate of drug-likeness (QED) is 0.641. The van der Waals surface area contributed by atoms with Gasteiger partial charge in [0.2, 0.25) is 0 Å². The molecule has 0 radical (unpaired) electrons. The number of hydrogen-bond acceptors (Lipinski definition) is 4. The van der Waals surface area contributed by atoms with Gasteiger partial charge in [0.1, 0.15) is 5.82 Å². The number of amides is 2. The Kier molecular flexibility index (Phi) is 8.44. The molecule has 1 atom stereocenters. The first kappa shape index (κ1) is 21.5. The van der Waals surface area contributed by atoms with E-state index in [9.17, 15) is 4.79 Å². The standard InChI is InChI=1S/C16H23N5O2.2ClH/c1-10-3-4-13-15(11(10)2)21-14(20-13)9-19-16(22)18-8-12-7-17-5-6-23-12;;/h3-4,12,17H,5-9H2,1-2H3,(H,20,21)(H2,18,19,22);2*1H. The first-order valence-corrected chi connectivity index (χ1v) is 7.92. The highest BCUT2D eigenvalue weighted by Gasteiger charge is 2.14. The molecule has 1 aromatic heterocycles. The molecule has 0 bridgehead atoms. The number of ether oxygens (including phenoxy) is 1. The fourth-order valence-electron chi connectivity index (χ4n) is 2.63. The second kappa shape index (κ2) is 9.82. The average Bonchev–Trinajstić information content (AvgIpc) is 2.99. The van der Waals surface area contributed by atoms with Crippen LogP contribution in [0.15, 0.2) is 12.1 Å². The molecule has 1 aliphatic rings. The average molecular weight is 390 g/mol. The number of halogens is 2. The van der Waals surface area contributed by atoms with Gasteiger partial charge in [-0.3, -0.25) is 0 Å². The van der Waals surface area contributed by atoms with Gasteiger partial charge in [0.15, 0.2) is 0 Å². The van der Waals surface area contributed by atoms with Crippen molar-refractivity contribution in [3.05, 3.63) is 29.1 Å². The van der Waals surface area contributed by atoms with Crippen LogP contribution in [0.4, 0.5) is 4.79 Å². The summed E-state index contributed by atoms with van der Waals surface area (Å²) in [5, 5.41) is 8.86. The van der Waals surface area contributed by atoms with Gasteiger partial charge in [0.25, 0.3) is 0 Å². The number of imidazole rings is 1. The summed E-state index contributed by atoms with van der Waals surface area (Å²) in [6.45, 7) is 7.31. The van der Waals surface area contributed by atoms with Crippen LogP contribution in [0.3, 0.4) is 0 Å². The van der Waals surface area contributed by atoms with Gasteiger partial charge >= 0.3 is 6.03 Å². The predicted molar refractivity (Wildman–Crippen MR) is 103 cm³/mol. The molecule has 3 rings (SSSR count). The lowest BCUT2D eigenvalue weighted by molar-refractivity contribution is 0.0307. The summed E-state index contributed by atoms with van der Waals surface area (Å²) in [5.41, 5.74) is 4.33. The number of hydrogen-bond donors (Lipinski definition) is 4. The number of rotatable bonds is 4. The molecule has 1 unspecified atom stereocenters. The summed E-state index contributed by atoms with van der Waals surface area (Å²) < 4.78 is 5.53. The van der Waals surface area contributed by atoms with Crippen molar-refractivity contribution in [3.63, 3.8) is 0 Å². The lowest BCUT2D eigenvalue weighted by atomic mass is 10.1. The molecule has 0 spiro atoms. The third-order valence-electron chi connectivity index (χ3n) is 4.14. The SMILES string of the molecule is Cc1ccc2[nH]c(CNC(=O)NCC3CNCCO3)nc2c1C.Cl.Cl. The van der Waals surface area contributed by atoms with Crippen LogP contribution in [0, 0.1) is 13.8 Å². The van der Waals surface area contributed by atoms with Crippen LogP contribution in [-0.2, 0) is 11.3 Å². The normalized spacial score (nSPS) is 16.6. The molecule has 140 valence electrons. The molecule has 7 nitrogen and oxygen atoms in total. The van der Waals surface area contributed by atoms with Gasteiger partial charge < -0.3 is 25.7 Å². The molecule has 1 saturated heterocycles. The smallest absolute Gasteiger partial charge is 0.315 e. The van der Waals surface area contributed by atoms with Crippen LogP contribution in [0.1, 0.15) is 17.0 Å². The number of aromatic amines is 1. The second-order valence-corrected chi connectivity index (χ2v) is 5.85. The maximum absolute atomic E-state index is 11.9. The minimum absolute atomic E-state index is 0. The zero-order valence-corrected chi connectivity index (χ0v) is 16.0. The summed E-state index contributed by atoms with van der Waals surface area (Å²) in [7, 11) is 0. The summed E-state index contributed by atoms with van der Waals surface area (Å²) in [4.78, 5) is 19.7. The molecule has 2 aromatic rings. The monoisotopic (exact) mass is 389 g/mol. The number of morpholine rings is 1. The summed E-state index contributed by atoms with van der Waals surface area (Å²) >= 11 is 0. The Balaban J connectivity index is 0.00000156. The van der Waals surface area contributed by atoms with Crippen LogP contribution >= 0.6 is 24.8 Å². The molecule has 1 fully saturated rings. The van der Waals surface area contributed by atoms with Crippen molar-refractivity contribution in [3.8, 4) is 0 Å². The molecule has 0 aliphatic carbocycles. The zero-order valence-electron chi connectivity index (χ0n) is 14.3. The van der Waals surface area contributed by atoms with Crippen molar-refractivity contribution < 1.29 is 9.53 Å². The molecular weight excluding hydrogens is 365 g/mol. The number of fused-ring (bicyclic) bond motifs is 1. The van der Waals surface area contributed by atoms with Crippen molar-refractivity contribution >= 4 is 41.9 Å². The third-order valence-corrected chi connectivity index (χ3v) is 4.14. The molecule has 2 heterocycles. The first-order valence-electron chi connectivity index (χ1n) is 7.92. The molecule has 9 heteroatoms. The Bertz CT molecular complexity index is 701. The highest BCUT2D eigenvalue weighted by atomic mass is 35.5. The van der Waals surface area contributed by atoms with Gasteiger partial charge in [-0.05, 0) is 31.0 Å².